The Bertz CT molecular complexity index is 1100. The van der Waals surface area contributed by atoms with Gasteiger partial charge in [-0.3, -0.25) is 4.84 Å². The molecule has 0 saturated carbocycles. The van der Waals surface area contributed by atoms with Gasteiger partial charge in [0, 0.05) is 5.56 Å². The molecule has 1 fully saturated rings. The number of alkyl halides is 1. The summed E-state index contributed by atoms with van der Waals surface area (Å²) in [6.07, 6.45) is -0.635. The molecule has 3 aromatic carbocycles. The van der Waals surface area contributed by atoms with E-state index in [1.54, 1.807) is 17.2 Å². The lowest BCUT2D eigenvalue weighted by Gasteiger charge is -2.31. The van der Waals surface area contributed by atoms with E-state index in [1.165, 1.54) is 0 Å². The molecule has 5 rings (SSSR count). The van der Waals surface area contributed by atoms with Crippen LogP contribution in [0.25, 0.3) is 0 Å². The van der Waals surface area contributed by atoms with Crippen LogP contribution in [-0.2, 0) is 14.7 Å². The van der Waals surface area contributed by atoms with E-state index in [0.29, 0.717) is 10.5 Å². The third-order valence-corrected chi connectivity index (χ3v) is 9.55. The number of fused-ring (bicyclic) bond motifs is 3. The number of benzene rings is 3. The fraction of sp³-hybridized carbons (Fsp3) is 0.143. The molecule has 3 atom stereocenters. The Morgan fingerprint density at radius 3 is 2.15 bits per heavy atom. The Morgan fingerprint density at radius 2 is 1.44 bits per heavy atom. The standard InChI is InChI=1S/C21H16BrNO3S/c22-21-19(15-9-3-1-4-10-15)23(16-11-5-2-6-12-16)26-20(21)17-13-7-8-14-18(17)27(21,24)25/h1-14,19-20H. The van der Waals surface area contributed by atoms with Gasteiger partial charge in [0.2, 0.25) is 0 Å². The van der Waals surface area contributed by atoms with Crippen molar-refractivity contribution in [2.75, 3.05) is 5.06 Å². The molecule has 3 unspecified atom stereocenters. The summed E-state index contributed by atoms with van der Waals surface area (Å²) in [5.74, 6) is 0. The SMILES string of the molecule is O=S1(=O)c2ccccc2C2ON(c3ccccc3)C(c3ccccc3)C21Br. The normalized spacial score (nSPS) is 28.0. The van der Waals surface area contributed by atoms with Crippen LogP contribution in [0.4, 0.5) is 5.69 Å². The van der Waals surface area contributed by atoms with Gasteiger partial charge in [0.25, 0.3) is 0 Å². The summed E-state index contributed by atoms with van der Waals surface area (Å²) in [6.45, 7) is 0. The van der Waals surface area contributed by atoms with Gasteiger partial charge in [-0.25, -0.2) is 13.5 Å². The van der Waals surface area contributed by atoms with Gasteiger partial charge in [-0.2, -0.15) is 0 Å². The topological polar surface area (TPSA) is 46.6 Å². The number of hydrogen-bond donors (Lipinski definition) is 0. The van der Waals surface area contributed by atoms with Gasteiger partial charge in [-0.1, -0.05) is 82.7 Å². The van der Waals surface area contributed by atoms with E-state index in [1.807, 2.05) is 72.8 Å². The average Bonchev–Trinajstić information content (AvgIpc) is 3.11. The van der Waals surface area contributed by atoms with E-state index in [0.717, 1.165) is 11.3 Å². The number of halogens is 1. The van der Waals surface area contributed by atoms with Crippen LogP contribution >= 0.6 is 15.9 Å². The molecular formula is C21H16BrNO3S. The smallest absolute Gasteiger partial charge is 0.199 e. The fourth-order valence-electron chi connectivity index (χ4n) is 4.00. The molecule has 1 saturated heterocycles. The van der Waals surface area contributed by atoms with Crippen molar-refractivity contribution >= 4 is 31.5 Å². The third kappa shape index (κ3) is 2.21. The van der Waals surface area contributed by atoms with E-state index < -0.39 is 25.6 Å². The second-order valence-corrected chi connectivity index (χ2v) is 10.7. The molecule has 6 heteroatoms. The predicted octanol–water partition coefficient (Wildman–Crippen LogP) is 4.80. The Kier molecular flexibility index (Phi) is 3.73. The van der Waals surface area contributed by atoms with Gasteiger partial charge < -0.3 is 0 Å². The first-order valence-corrected chi connectivity index (χ1v) is 10.9. The zero-order valence-corrected chi connectivity index (χ0v) is 16.6. The molecule has 0 aliphatic carbocycles. The van der Waals surface area contributed by atoms with E-state index in [4.69, 9.17) is 4.84 Å². The van der Waals surface area contributed by atoms with Crippen LogP contribution in [0, 0.1) is 0 Å². The Morgan fingerprint density at radius 1 is 0.852 bits per heavy atom. The molecule has 2 heterocycles. The zero-order valence-electron chi connectivity index (χ0n) is 14.2. The molecule has 4 nitrogen and oxygen atoms in total. The maximum atomic E-state index is 13.6. The van der Waals surface area contributed by atoms with Crippen molar-refractivity contribution in [3.05, 3.63) is 96.1 Å². The van der Waals surface area contributed by atoms with Crippen LogP contribution in [0.15, 0.2) is 89.8 Å². The molecule has 0 spiro atoms. The van der Waals surface area contributed by atoms with Crippen LogP contribution in [0.5, 0.6) is 0 Å². The van der Waals surface area contributed by atoms with E-state index >= 15 is 0 Å². The van der Waals surface area contributed by atoms with Crippen molar-refractivity contribution < 1.29 is 13.3 Å². The first-order valence-electron chi connectivity index (χ1n) is 8.63. The lowest BCUT2D eigenvalue weighted by Crippen LogP contribution is -2.38. The van der Waals surface area contributed by atoms with Crippen molar-refractivity contribution in [2.24, 2.45) is 0 Å². The third-order valence-electron chi connectivity index (χ3n) is 5.21. The first-order chi connectivity index (χ1) is 13.0. The van der Waals surface area contributed by atoms with Gasteiger partial charge in [-0.15, -0.1) is 0 Å². The van der Waals surface area contributed by atoms with Crippen molar-refractivity contribution in [3.63, 3.8) is 0 Å². The molecule has 0 amide bonds. The molecule has 0 radical (unpaired) electrons. The number of sulfone groups is 1. The molecule has 136 valence electrons. The van der Waals surface area contributed by atoms with Gasteiger partial charge in [-0.05, 0) is 23.8 Å². The Balaban J connectivity index is 1.77. The number of hydroxylamine groups is 1. The molecule has 2 aliphatic rings. The summed E-state index contributed by atoms with van der Waals surface area (Å²) in [6, 6.07) is 25.8. The maximum Gasteiger partial charge on any atom is 0.199 e. The number of hydrogen-bond acceptors (Lipinski definition) is 4. The first kappa shape index (κ1) is 17.0. The van der Waals surface area contributed by atoms with Crippen LogP contribution in [0.2, 0.25) is 0 Å². The average molecular weight is 442 g/mol. The zero-order chi connectivity index (χ0) is 18.6. The molecular weight excluding hydrogens is 426 g/mol. The Hall–Kier alpha value is -2.15. The number of para-hydroxylation sites is 1. The van der Waals surface area contributed by atoms with Crippen molar-refractivity contribution in [3.8, 4) is 0 Å². The van der Waals surface area contributed by atoms with Crippen LogP contribution in [0.1, 0.15) is 23.3 Å². The molecule has 0 aromatic heterocycles. The number of rotatable bonds is 2. The van der Waals surface area contributed by atoms with Crippen molar-refractivity contribution in [2.45, 2.75) is 20.7 Å². The fourth-order valence-corrected chi connectivity index (χ4v) is 7.36. The summed E-state index contributed by atoms with van der Waals surface area (Å²) < 4.78 is 25.9. The second-order valence-electron chi connectivity index (χ2n) is 6.70. The molecule has 0 bridgehead atoms. The molecule has 27 heavy (non-hydrogen) atoms. The van der Waals surface area contributed by atoms with Gasteiger partial charge in [0.1, 0.15) is 12.1 Å². The highest BCUT2D eigenvalue weighted by atomic mass is 79.9. The highest BCUT2D eigenvalue weighted by Gasteiger charge is 2.68. The minimum Gasteiger partial charge on any atom is -0.262 e. The predicted molar refractivity (Wildman–Crippen MR) is 107 cm³/mol. The van der Waals surface area contributed by atoms with Crippen molar-refractivity contribution in [1.82, 2.24) is 0 Å². The summed E-state index contributed by atoms with van der Waals surface area (Å²) >= 11 is 3.66. The lowest BCUT2D eigenvalue weighted by molar-refractivity contribution is 0.0831. The summed E-state index contributed by atoms with van der Waals surface area (Å²) in [5.41, 5.74) is 2.37. The maximum absolute atomic E-state index is 13.6. The molecule has 0 N–H and O–H groups in total. The number of anilines is 1. The van der Waals surface area contributed by atoms with Crippen molar-refractivity contribution in [1.29, 1.82) is 0 Å². The van der Waals surface area contributed by atoms with E-state index in [9.17, 15) is 8.42 Å². The quantitative estimate of drug-likeness (QED) is 0.535. The minimum absolute atomic E-state index is 0.334. The minimum atomic E-state index is -3.67. The van der Waals surface area contributed by atoms with E-state index in [2.05, 4.69) is 15.9 Å². The van der Waals surface area contributed by atoms with Gasteiger partial charge >= 0.3 is 0 Å². The van der Waals surface area contributed by atoms with Crippen LogP contribution in [-0.4, -0.2) is 12.1 Å². The second kappa shape index (κ2) is 5.92. The highest BCUT2D eigenvalue weighted by Crippen LogP contribution is 2.64. The summed E-state index contributed by atoms with van der Waals surface area (Å²) in [7, 11) is -3.67. The van der Waals surface area contributed by atoms with Crippen LogP contribution < -0.4 is 5.06 Å². The highest BCUT2D eigenvalue weighted by molar-refractivity contribution is 9.11. The van der Waals surface area contributed by atoms with Gasteiger partial charge in [0.05, 0.1) is 10.6 Å². The summed E-state index contributed by atoms with van der Waals surface area (Å²) in [4.78, 5) is 6.64. The number of nitrogens with zero attached hydrogens (tertiary/aromatic N) is 1. The van der Waals surface area contributed by atoms with E-state index in [-0.39, 0.29) is 0 Å². The van der Waals surface area contributed by atoms with Gasteiger partial charge in [0.15, 0.2) is 13.5 Å². The lowest BCUT2D eigenvalue weighted by atomic mass is 9.97. The monoisotopic (exact) mass is 441 g/mol. The Labute approximate surface area is 166 Å². The molecule has 3 aromatic rings. The summed E-state index contributed by atoms with van der Waals surface area (Å²) in [5, 5.41) is 1.72. The van der Waals surface area contributed by atoms with Crippen LogP contribution in [0.3, 0.4) is 0 Å². The largest absolute Gasteiger partial charge is 0.262 e. The molecule has 2 aliphatic heterocycles.